The normalized spacial score (nSPS) is 12.2. The van der Waals surface area contributed by atoms with Crippen molar-refractivity contribution in [3.63, 3.8) is 0 Å². The van der Waals surface area contributed by atoms with Gasteiger partial charge in [0.05, 0.1) is 20.7 Å². The van der Waals surface area contributed by atoms with Gasteiger partial charge in [0, 0.05) is 38.3 Å². The average Bonchev–Trinajstić information content (AvgIpc) is 2.41. The van der Waals surface area contributed by atoms with Crippen molar-refractivity contribution in [1.29, 1.82) is 0 Å². The van der Waals surface area contributed by atoms with E-state index >= 15 is 0 Å². The molecule has 0 heterocycles. The van der Waals surface area contributed by atoms with Gasteiger partial charge in [-0.05, 0) is 30.9 Å². The number of hydrogen-bond donors (Lipinski definition) is 1. The predicted molar refractivity (Wildman–Crippen MR) is 95.2 cm³/mol. The van der Waals surface area contributed by atoms with Gasteiger partial charge in [-0.3, -0.25) is 10.1 Å². The van der Waals surface area contributed by atoms with Crippen molar-refractivity contribution in [3.8, 4) is 0 Å². The lowest BCUT2D eigenvalue weighted by Crippen LogP contribution is -2.12. The zero-order valence-corrected chi connectivity index (χ0v) is 15.5. The lowest BCUT2D eigenvalue weighted by atomic mass is 10.1. The third-order valence-corrected chi connectivity index (χ3v) is 4.28. The first-order valence-corrected chi connectivity index (χ1v) is 10.2. The summed E-state index contributed by atoms with van der Waals surface area (Å²) in [5.74, 6) is 0.427. The molecule has 0 saturated heterocycles. The maximum Gasteiger partial charge on any atom is 0.292 e. The van der Waals surface area contributed by atoms with Crippen molar-refractivity contribution < 1.29 is 9.11 Å². The van der Waals surface area contributed by atoms with Crippen LogP contribution in [0.3, 0.4) is 0 Å². The molecular formula is C12H16BrIN2O3S. The van der Waals surface area contributed by atoms with Crippen LogP contribution in [-0.2, 0) is 4.18 Å². The van der Waals surface area contributed by atoms with Gasteiger partial charge in [-0.25, -0.2) is 0 Å². The molecule has 0 spiro atoms. The molecule has 0 fully saturated rings. The van der Waals surface area contributed by atoms with Crippen LogP contribution in [-0.4, -0.2) is 18.1 Å². The highest BCUT2D eigenvalue weighted by Crippen LogP contribution is 2.28. The molecule has 1 N–H and O–H groups in total. The van der Waals surface area contributed by atoms with Crippen molar-refractivity contribution in [3.05, 3.63) is 32.8 Å². The van der Waals surface area contributed by atoms with Crippen LogP contribution in [0.1, 0.15) is 19.8 Å². The van der Waals surface area contributed by atoms with Crippen molar-refractivity contribution >= 4 is 57.7 Å². The molecule has 1 aromatic carbocycles. The molecule has 1 rings (SSSR count). The van der Waals surface area contributed by atoms with Crippen molar-refractivity contribution in [2.75, 3.05) is 18.5 Å². The van der Waals surface area contributed by atoms with Gasteiger partial charge in [0.2, 0.25) is 0 Å². The quantitative estimate of drug-likeness (QED) is 0.175. The number of benzene rings is 1. The van der Waals surface area contributed by atoms with E-state index in [1.165, 1.54) is 15.3 Å². The van der Waals surface area contributed by atoms with Crippen LogP contribution < -0.4 is 5.32 Å². The molecule has 0 saturated carbocycles. The molecule has 8 heteroatoms. The Morgan fingerprint density at radius 3 is 3.00 bits per heavy atom. The van der Waals surface area contributed by atoms with E-state index in [-0.39, 0.29) is 10.6 Å². The van der Waals surface area contributed by atoms with E-state index in [0.717, 1.165) is 23.9 Å². The Morgan fingerprint density at radius 1 is 1.60 bits per heavy atom. The molecule has 0 aromatic heterocycles. The third-order valence-electron chi connectivity index (χ3n) is 2.77. The Kier molecular flexibility index (Phi) is 8.82. The number of nitro groups is 1. The Hall–Kier alpha value is -0.0600. The predicted octanol–water partition coefficient (Wildman–Crippen LogP) is 5.20. The van der Waals surface area contributed by atoms with E-state index in [1.54, 1.807) is 12.1 Å². The number of nitrogens with zero attached hydrogens (tertiary/aromatic N) is 1. The topological polar surface area (TPSA) is 64.4 Å². The van der Waals surface area contributed by atoms with Crippen LogP contribution in [0.5, 0.6) is 0 Å². The first-order valence-electron chi connectivity index (χ1n) is 6.12. The summed E-state index contributed by atoms with van der Waals surface area (Å²) in [5, 5.41) is 14.1. The SMILES string of the molecule is CC(CCCOSI)CNc1cc(Br)ccc1[N+](=O)[O-]. The molecule has 112 valence electrons. The minimum absolute atomic E-state index is 0.102. The first-order chi connectivity index (χ1) is 9.54. The van der Waals surface area contributed by atoms with Crippen molar-refractivity contribution in [2.24, 2.45) is 5.92 Å². The van der Waals surface area contributed by atoms with E-state index < -0.39 is 0 Å². The lowest BCUT2D eigenvalue weighted by Gasteiger charge is -2.13. The molecule has 0 aliphatic carbocycles. The van der Waals surface area contributed by atoms with Crippen molar-refractivity contribution in [2.45, 2.75) is 19.8 Å². The summed E-state index contributed by atoms with van der Waals surface area (Å²) in [4.78, 5) is 10.6. The van der Waals surface area contributed by atoms with Gasteiger partial charge in [0.1, 0.15) is 5.69 Å². The standard InChI is InChI=1S/C12H16BrIN2O3S/c1-9(3-2-6-19-20-14)8-15-11-7-10(13)4-5-12(11)16(17)18/h4-5,7,9,15H,2-3,6,8H2,1H3. The van der Waals surface area contributed by atoms with Crippen LogP contribution in [0, 0.1) is 16.0 Å². The number of anilines is 1. The first kappa shape index (κ1) is 18.0. The Labute approximate surface area is 143 Å². The average molecular weight is 475 g/mol. The van der Waals surface area contributed by atoms with Crippen LogP contribution in [0.4, 0.5) is 11.4 Å². The smallest absolute Gasteiger partial charge is 0.292 e. The molecule has 1 aromatic rings. The van der Waals surface area contributed by atoms with Gasteiger partial charge < -0.3 is 9.50 Å². The lowest BCUT2D eigenvalue weighted by molar-refractivity contribution is -0.384. The highest BCUT2D eigenvalue weighted by atomic mass is 127. The molecule has 1 unspecified atom stereocenters. The highest BCUT2D eigenvalue weighted by Gasteiger charge is 2.14. The number of rotatable bonds is 9. The number of nitrogens with one attached hydrogen (secondary N) is 1. The second kappa shape index (κ2) is 9.80. The molecule has 1 atom stereocenters. The van der Waals surface area contributed by atoms with Crippen LogP contribution in [0.2, 0.25) is 0 Å². The fourth-order valence-corrected chi connectivity index (χ4v) is 2.80. The summed E-state index contributed by atoms with van der Waals surface area (Å²) >= 11 is 5.42. The molecule has 0 radical (unpaired) electrons. The van der Waals surface area contributed by atoms with Crippen molar-refractivity contribution in [1.82, 2.24) is 0 Å². The Balaban J connectivity index is 2.48. The van der Waals surface area contributed by atoms with Crippen LogP contribution in [0.25, 0.3) is 0 Å². The second-order valence-corrected chi connectivity index (χ2v) is 6.79. The molecule has 0 aliphatic rings. The summed E-state index contributed by atoms with van der Waals surface area (Å²) in [6.07, 6.45) is 2.01. The summed E-state index contributed by atoms with van der Waals surface area (Å²) in [5.41, 5.74) is 0.653. The molecule has 0 bridgehead atoms. The number of hydrogen-bond acceptors (Lipinski definition) is 5. The summed E-state index contributed by atoms with van der Waals surface area (Å²) in [7, 11) is 1.34. The van der Waals surface area contributed by atoms with Gasteiger partial charge in [-0.15, -0.1) is 0 Å². The fraction of sp³-hybridized carbons (Fsp3) is 0.500. The number of halogens is 2. The zero-order valence-electron chi connectivity index (χ0n) is 11.0. The highest BCUT2D eigenvalue weighted by molar-refractivity contribution is 14.2. The summed E-state index contributed by atoms with van der Waals surface area (Å²) in [6, 6.07) is 4.91. The Bertz CT molecular complexity index is 451. The minimum Gasteiger partial charge on any atom is -0.379 e. The van der Waals surface area contributed by atoms with Gasteiger partial charge in [0.15, 0.2) is 0 Å². The van der Waals surface area contributed by atoms with Gasteiger partial charge in [-0.1, -0.05) is 22.9 Å². The van der Waals surface area contributed by atoms with E-state index in [2.05, 4.69) is 49.4 Å². The van der Waals surface area contributed by atoms with E-state index in [0.29, 0.717) is 18.2 Å². The largest absolute Gasteiger partial charge is 0.379 e. The molecular weight excluding hydrogens is 459 g/mol. The van der Waals surface area contributed by atoms with Gasteiger partial charge in [-0.2, -0.15) is 0 Å². The maximum atomic E-state index is 11.0. The molecule has 0 amide bonds. The summed E-state index contributed by atoms with van der Waals surface area (Å²) < 4.78 is 6.03. The third kappa shape index (κ3) is 6.59. The Morgan fingerprint density at radius 2 is 2.35 bits per heavy atom. The van der Waals surface area contributed by atoms with Gasteiger partial charge in [0.25, 0.3) is 5.69 Å². The molecule has 0 aliphatic heterocycles. The monoisotopic (exact) mass is 474 g/mol. The summed E-state index contributed by atoms with van der Waals surface area (Å²) in [6.45, 7) is 3.55. The molecule has 5 nitrogen and oxygen atoms in total. The van der Waals surface area contributed by atoms with E-state index in [4.69, 9.17) is 4.18 Å². The minimum atomic E-state index is -0.370. The van der Waals surface area contributed by atoms with E-state index in [9.17, 15) is 10.1 Å². The van der Waals surface area contributed by atoms with Gasteiger partial charge >= 0.3 is 0 Å². The fourth-order valence-electron chi connectivity index (χ4n) is 1.72. The molecule has 20 heavy (non-hydrogen) atoms. The second-order valence-electron chi connectivity index (χ2n) is 4.43. The zero-order chi connectivity index (χ0) is 15.0. The van der Waals surface area contributed by atoms with Crippen LogP contribution in [0.15, 0.2) is 22.7 Å². The van der Waals surface area contributed by atoms with E-state index in [1.807, 2.05) is 0 Å². The maximum absolute atomic E-state index is 11.0. The number of nitro benzene ring substituents is 1. The van der Waals surface area contributed by atoms with Crippen LogP contribution >= 0.6 is 46.3 Å².